The summed E-state index contributed by atoms with van der Waals surface area (Å²) < 4.78 is 1.78. The van der Waals surface area contributed by atoms with Crippen molar-refractivity contribution in [2.24, 2.45) is 17.8 Å². The van der Waals surface area contributed by atoms with Crippen molar-refractivity contribution in [3.05, 3.63) is 52.8 Å². The first kappa shape index (κ1) is 17.1. The first-order valence-electron chi connectivity index (χ1n) is 8.78. The average molecular weight is 374 g/mol. The SMILES string of the molecule is C[C@@H](NC(=O)c1ccc(Cl)cc1)[C@H]1[C@@H]2C[C@@H](n3cc(C(=O)O)cn3)C[C@@H]21. The number of fused-ring (bicyclic) bond motifs is 1. The van der Waals surface area contributed by atoms with Crippen LogP contribution in [0.1, 0.15) is 46.5 Å². The number of hydrogen-bond acceptors (Lipinski definition) is 3. The molecule has 2 N–H and O–H groups in total. The summed E-state index contributed by atoms with van der Waals surface area (Å²) >= 11 is 5.86. The van der Waals surface area contributed by atoms with E-state index < -0.39 is 5.97 Å². The lowest BCUT2D eigenvalue weighted by Gasteiger charge is -2.19. The zero-order valence-corrected chi connectivity index (χ0v) is 15.1. The van der Waals surface area contributed by atoms with Crippen LogP contribution in [0.3, 0.4) is 0 Å². The van der Waals surface area contributed by atoms with E-state index in [1.54, 1.807) is 35.1 Å². The number of aromatic nitrogens is 2. The van der Waals surface area contributed by atoms with E-state index in [0.717, 1.165) is 12.8 Å². The third kappa shape index (κ3) is 3.09. The van der Waals surface area contributed by atoms with Crippen molar-refractivity contribution in [1.82, 2.24) is 15.1 Å². The number of hydrogen-bond donors (Lipinski definition) is 2. The minimum Gasteiger partial charge on any atom is -0.478 e. The third-order valence-electron chi connectivity index (χ3n) is 5.75. The predicted octanol–water partition coefficient (Wildman–Crippen LogP) is 3.25. The van der Waals surface area contributed by atoms with Gasteiger partial charge in [-0.2, -0.15) is 5.10 Å². The van der Waals surface area contributed by atoms with Crippen molar-refractivity contribution < 1.29 is 14.7 Å². The van der Waals surface area contributed by atoms with Gasteiger partial charge in [-0.05, 0) is 61.8 Å². The lowest BCUT2D eigenvalue weighted by Crippen LogP contribution is -2.35. The van der Waals surface area contributed by atoms with E-state index >= 15 is 0 Å². The second-order valence-electron chi connectivity index (χ2n) is 7.31. The molecule has 0 radical (unpaired) electrons. The van der Waals surface area contributed by atoms with Crippen LogP contribution in [0, 0.1) is 17.8 Å². The molecule has 136 valence electrons. The summed E-state index contributed by atoms with van der Waals surface area (Å²) in [5, 5.41) is 16.9. The number of carboxylic acids is 1. The molecule has 1 heterocycles. The molecule has 1 aromatic heterocycles. The topological polar surface area (TPSA) is 84.2 Å². The van der Waals surface area contributed by atoms with Crippen LogP contribution in [-0.2, 0) is 0 Å². The molecule has 1 aromatic carbocycles. The summed E-state index contributed by atoms with van der Waals surface area (Å²) in [7, 11) is 0. The number of carbonyl (C=O) groups is 2. The summed E-state index contributed by atoms with van der Waals surface area (Å²) in [5.74, 6) is 0.595. The molecular formula is C19H20ClN3O3. The van der Waals surface area contributed by atoms with Crippen molar-refractivity contribution in [1.29, 1.82) is 0 Å². The summed E-state index contributed by atoms with van der Waals surface area (Å²) in [6.45, 7) is 2.06. The largest absolute Gasteiger partial charge is 0.478 e. The Hall–Kier alpha value is -2.34. The van der Waals surface area contributed by atoms with Crippen molar-refractivity contribution in [2.45, 2.75) is 31.8 Å². The van der Waals surface area contributed by atoms with Crippen LogP contribution < -0.4 is 5.32 Å². The molecule has 1 amide bonds. The van der Waals surface area contributed by atoms with Crippen LogP contribution in [0.4, 0.5) is 0 Å². The van der Waals surface area contributed by atoms with Gasteiger partial charge in [-0.25, -0.2) is 4.79 Å². The van der Waals surface area contributed by atoms with Crippen LogP contribution in [0.2, 0.25) is 5.02 Å². The Morgan fingerprint density at radius 3 is 2.46 bits per heavy atom. The van der Waals surface area contributed by atoms with Gasteiger partial charge in [0, 0.05) is 22.8 Å². The highest BCUT2D eigenvalue weighted by Crippen LogP contribution is 2.62. The quantitative estimate of drug-likeness (QED) is 0.842. The van der Waals surface area contributed by atoms with Crippen LogP contribution in [0.25, 0.3) is 0 Å². The molecule has 26 heavy (non-hydrogen) atoms. The van der Waals surface area contributed by atoms with E-state index in [-0.39, 0.29) is 23.6 Å². The fourth-order valence-electron chi connectivity index (χ4n) is 4.46. The van der Waals surface area contributed by atoms with Crippen molar-refractivity contribution in [3.63, 3.8) is 0 Å². The number of aromatic carboxylic acids is 1. The van der Waals surface area contributed by atoms with Gasteiger partial charge in [0.25, 0.3) is 5.91 Å². The van der Waals surface area contributed by atoms with Gasteiger partial charge < -0.3 is 10.4 Å². The van der Waals surface area contributed by atoms with E-state index in [4.69, 9.17) is 16.7 Å². The Kier molecular flexibility index (Phi) is 4.23. The summed E-state index contributed by atoms with van der Waals surface area (Å²) in [5.41, 5.74) is 0.841. The maximum Gasteiger partial charge on any atom is 0.338 e. The van der Waals surface area contributed by atoms with Crippen molar-refractivity contribution in [2.75, 3.05) is 0 Å². The van der Waals surface area contributed by atoms with E-state index in [1.165, 1.54) is 6.20 Å². The Balaban J connectivity index is 1.32. The van der Waals surface area contributed by atoms with E-state index in [2.05, 4.69) is 17.3 Å². The predicted molar refractivity (Wildman–Crippen MR) is 96.3 cm³/mol. The molecule has 2 saturated carbocycles. The Morgan fingerprint density at radius 1 is 1.23 bits per heavy atom. The monoisotopic (exact) mass is 373 g/mol. The highest BCUT2D eigenvalue weighted by atomic mass is 35.5. The zero-order chi connectivity index (χ0) is 18.4. The van der Waals surface area contributed by atoms with Gasteiger partial charge in [-0.15, -0.1) is 0 Å². The number of rotatable bonds is 5. The summed E-state index contributed by atoms with van der Waals surface area (Å²) in [6.07, 6.45) is 4.98. The number of carbonyl (C=O) groups excluding carboxylic acids is 1. The number of amides is 1. The van der Waals surface area contributed by atoms with E-state index in [0.29, 0.717) is 28.3 Å². The maximum absolute atomic E-state index is 12.3. The smallest absolute Gasteiger partial charge is 0.338 e. The van der Waals surface area contributed by atoms with Gasteiger partial charge >= 0.3 is 5.97 Å². The molecule has 2 aliphatic carbocycles. The van der Waals surface area contributed by atoms with Gasteiger partial charge in [0.2, 0.25) is 0 Å². The molecule has 7 heteroatoms. The molecule has 0 unspecified atom stereocenters. The number of carboxylic acid groups (broad SMARTS) is 1. The minimum absolute atomic E-state index is 0.0751. The molecular weight excluding hydrogens is 354 g/mol. The Labute approximate surface area is 156 Å². The van der Waals surface area contributed by atoms with Gasteiger partial charge in [0.1, 0.15) is 0 Å². The lowest BCUT2D eigenvalue weighted by atomic mass is 10.0. The maximum atomic E-state index is 12.3. The van der Waals surface area contributed by atoms with Gasteiger partial charge in [-0.3, -0.25) is 9.48 Å². The molecule has 4 rings (SSSR count). The van der Waals surface area contributed by atoms with E-state index in [1.807, 2.05) is 0 Å². The van der Waals surface area contributed by atoms with Crippen LogP contribution in [-0.4, -0.2) is 32.8 Å². The molecule has 2 fully saturated rings. The van der Waals surface area contributed by atoms with Crippen LogP contribution in [0.15, 0.2) is 36.7 Å². The molecule has 2 aromatic rings. The summed E-state index contributed by atoms with van der Waals surface area (Å²) in [4.78, 5) is 23.3. The molecule has 0 bridgehead atoms. The number of benzene rings is 1. The molecule has 0 saturated heterocycles. The fourth-order valence-corrected chi connectivity index (χ4v) is 4.58. The molecule has 2 aliphatic rings. The molecule has 0 aliphatic heterocycles. The average Bonchev–Trinajstić information content (AvgIpc) is 2.99. The van der Waals surface area contributed by atoms with Crippen molar-refractivity contribution in [3.8, 4) is 0 Å². The van der Waals surface area contributed by atoms with Crippen LogP contribution in [0.5, 0.6) is 0 Å². The van der Waals surface area contributed by atoms with Crippen molar-refractivity contribution >= 4 is 23.5 Å². The van der Waals surface area contributed by atoms with E-state index in [9.17, 15) is 9.59 Å². The first-order chi connectivity index (χ1) is 12.4. The number of nitrogens with one attached hydrogen (secondary N) is 1. The summed E-state index contributed by atoms with van der Waals surface area (Å²) in [6, 6.07) is 7.26. The standard InChI is InChI=1S/C19H20ClN3O3/c1-10(22-18(24)11-2-4-13(20)5-3-11)17-15-6-14(7-16(15)17)23-9-12(8-21-23)19(25)26/h2-5,8-10,14-17H,6-7H2,1H3,(H,22,24)(H,25,26)/t10-,14-,15-,16+,17+/m1/s1. The number of halogens is 1. The second kappa shape index (κ2) is 6.43. The Bertz CT molecular complexity index is 836. The third-order valence-corrected chi connectivity index (χ3v) is 6.00. The highest BCUT2D eigenvalue weighted by Gasteiger charge is 2.58. The first-order valence-corrected chi connectivity index (χ1v) is 9.15. The zero-order valence-electron chi connectivity index (χ0n) is 14.3. The second-order valence-corrected chi connectivity index (χ2v) is 7.75. The highest BCUT2D eigenvalue weighted by molar-refractivity contribution is 6.30. The normalized spacial score (nSPS) is 27.6. The molecule has 6 nitrogen and oxygen atoms in total. The lowest BCUT2D eigenvalue weighted by molar-refractivity contribution is 0.0696. The van der Waals surface area contributed by atoms with Gasteiger partial charge in [0.05, 0.1) is 17.8 Å². The number of nitrogens with zero attached hydrogens (tertiary/aromatic N) is 2. The van der Waals surface area contributed by atoms with Crippen LogP contribution >= 0.6 is 11.6 Å². The van der Waals surface area contributed by atoms with Gasteiger partial charge in [-0.1, -0.05) is 11.6 Å². The molecule has 0 spiro atoms. The van der Waals surface area contributed by atoms with Gasteiger partial charge in [0.15, 0.2) is 0 Å². The fraction of sp³-hybridized carbons (Fsp3) is 0.421. The molecule has 5 atom stereocenters. The Morgan fingerprint density at radius 2 is 1.88 bits per heavy atom. The minimum atomic E-state index is -0.948.